The Kier molecular flexibility index (Phi) is 6.00. The highest BCUT2D eigenvalue weighted by atomic mass is 79.9. The Balaban J connectivity index is 1.87. The van der Waals surface area contributed by atoms with Gasteiger partial charge < -0.3 is 9.47 Å². The first kappa shape index (κ1) is 18.5. The highest BCUT2D eigenvalue weighted by Crippen LogP contribution is 2.38. The molecule has 1 aliphatic heterocycles. The standard InChI is InChI=1S/C19H16BrNO4S/c1-2-24-15-9-13(10-16-18(22)21-19(23)26-16)8-14(20)17(15)25-11-12-6-4-3-5-7-12/h3-10H,2,11H2,1H3,(H,21,22,23)/b16-10-. The van der Waals surface area contributed by atoms with E-state index in [9.17, 15) is 9.59 Å². The predicted molar refractivity (Wildman–Crippen MR) is 105 cm³/mol. The third kappa shape index (κ3) is 4.47. The summed E-state index contributed by atoms with van der Waals surface area (Å²) < 4.78 is 12.3. The molecule has 26 heavy (non-hydrogen) atoms. The number of ether oxygens (including phenoxy) is 2. The first-order valence-corrected chi connectivity index (χ1v) is 9.55. The van der Waals surface area contributed by atoms with Gasteiger partial charge in [-0.3, -0.25) is 14.9 Å². The van der Waals surface area contributed by atoms with Crippen LogP contribution in [0, 0.1) is 0 Å². The first-order valence-electron chi connectivity index (χ1n) is 7.94. The van der Waals surface area contributed by atoms with Gasteiger partial charge in [-0.15, -0.1) is 0 Å². The van der Waals surface area contributed by atoms with Gasteiger partial charge >= 0.3 is 0 Å². The number of carbonyl (C=O) groups excluding carboxylic acids is 2. The van der Waals surface area contributed by atoms with Crippen LogP contribution in [0.1, 0.15) is 18.1 Å². The topological polar surface area (TPSA) is 64.6 Å². The molecule has 0 atom stereocenters. The van der Waals surface area contributed by atoms with Crippen molar-refractivity contribution in [1.29, 1.82) is 0 Å². The Morgan fingerprint density at radius 2 is 1.92 bits per heavy atom. The van der Waals surface area contributed by atoms with Crippen molar-refractivity contribution < 1.29 is 19.1 Å². The summed E-state index contributed by atoms with van der Waals surface area (Å²) in [7, 11) is 0. The summed E-state index contributed by atoms with van der Waals surface area (Å²) in [5.41, 5.74) is 1.78. The average molecular weight is 434 g/mol. The maximum absolute atomic E-state index is 11.7. The number of imide groups is 1. The van der Waals surface area contributed by atoms with Crippen molar-refractivity contribution in [2.75, 3.05) is 6.61 Å². The molecule has 1 aliphatic rings. The van der Waals surface area contributed by atoms with Crippen LogP contribution in [0.4, 0.5) is 4.79 Å². The van der Waals surface area contributed by atoms with Crippen LogP contribution in [0.2, 0.25) is 0 Å². The zero-order chi connectivity index (χ0) is 18.5. The molecule has 1 heterocycles. The molecule has 0 spiro atoms. The Labute approximate surface area is 163 Å². The molecule has 134 valence electrons. The van der Waals surface area contributed by atoms with Gasteiger partial charge in [0.15, 0.2) is 11.5 Å². The summed E-state index contributed by atoms with van der Waals surface area (Å²) in [4.78, 5) is 23.4. The van der Waals surface area contributed by atoms with E-state index in [0.29, 0.717) is 34.1 Å². The highest BCUT2D eigenvalue weighted by molar-refractivity contribution is 9.10. The molecule has 2 aromatic carbocycles. The molecule has 2 amide bonds. The number of carbonyl (C=O) groups is 2. The number of thioether (sulfide) groups is 1. The minimum absolute atomic E-state index is 0.349. The third-order valence-corrected chi connectivity index (χ3v) is 4.90. The molecule has 0 aromatic heterocycles. The molecule has 5 nitrogen and oxygen atoms in total. The summed E-state index contributed by atoms with van der Waals surface area (Å²) in [6.45, 7) is 2.77. The largest absolute Gasteiger partial charge is 0.490 e. The quantitative estimate of drug-likeness (QED) is 0.665. The predicted octanol–water partition coefficient (Wildman–Crippen LogP) is 4.75. The lowest BCUT2D eigenvalue weighted by atomic mass is 10.1. The van der Waals surface area contributed by atoms with Crippen molar-refractivity contribution in [3.05, 3.63) is 63.0 Å². The molecule has 0 aliphatic carbocycles. The van der Waals surface area contributed by atoms with Gasteiger partial charge in [0, 0.05) is 0 Å². The van der Waals surface area contributed by atoms with Gasteiger partial charge in [0.1, 0.15) is 6.61 Å². The van der Waals surface area contributed by atoms with Crippen LogP contribution in [0.3, 0.4) is 0 Å². The second kappa shape index (κ2) is 8.42. The Morgan fingerprint density at radius 3 is 2.58 bits per heavy atom. The Hall–Kier alpha value is -2.25. The molecule has 1 fully saturated rings. The zero-order valence-electron chi connectivity index (χ0n) is 14.0. The molecule has 0 radical (unpaired) electrons. The van der Waals surface area contributed by atoms with E-state index >= 15 is 0 Å². The average Bonchev–Trinajstić information content (AvgIpc) is 2.92. The van der Waals surface area contributed by atoms with E-state index in [1.165, 1.54) is 0 Å². The maximum Gasteiger partial charge on any atom is 0.290 e. The van der Waals surface area contributed by atoms with Crippen LogP contribution in [-0.4, -0.2) is 17.8 Å². The van der Waals surface area contributed by atoms with Crippen molar-refractivity contribution in [1.82, 2.24) is 5.32 Å². The number of amides is 2. The zero-order valence-corrected chi connectivity index (χ0v) is 16.4. The van der Waals surface area contributed by atoms with Gasteiger partial charge in [-0.25, -0.2) is 0 Å². The van der Waals surface area contributed by atoms with Crippen LogP contribution in [0.15, 0.2) is 51.8 Å². The van der Waals surface area contributed by atoms with Gasteiger partial charge in [0.25, 0.3) is 11.1 Å². The summed E-state index contributed by atoms with van der Waals surface area (Å²) >= 11 is 4.39. The van der Waals surface area contributed by atoms with Crippen LogP contribution >= 0.6 is 27.7 Å². The smallest absolute Gasteiger partial charge is 0.290 e. The van der Waals surface area contributed by atoms with Crippen molar-refractivity contribution in [3.63, 3.8) is 0 Å². The molecular weight excluding hydrogens is 418 g/mol. The number of hydrogen-bond donors (Lipinski definition) is 1. The van der Waals surface area contributed by atoms with Crippen molar-refractivity contribution in [2.24, 2.45) is 0 Å². The van der Waals surface area contributed by atoms with E-state index in [-0.39, 0.29) is 5.24 Å². The fourth-order valence-electron chi connectivity index (χ4n) is 2.38. The SMILES string of the molecule is CCOc1cc(/C=C2\SC(=O)NC2=O)cc(Br)c1OCc1ccccc1. The summed E-state index contributed by atoms with van der Waals surface area (Å²) in [5.74, 6) is 0.773. The molecular formula is C19H16BrNO4S. The van der Waals surface area contributed by atoms with Gasteiger partial charge in [0.05, 0.1) is 16.0 Å². The molecule has 1 saturated heterocycles. The van der Waals surface area contributed by atoms with E-state index in [1.807, 2.05) is 43.3 Å². The molecule has 0 unspecified atom stereocenters. The molecule has 7 heteroatoms. The number of hydrogen-bond acceptors (Lipinski definition) is 5. The minimum Gasteiger partial charge on any atom is -0.490 e. The maximum atomic E-state index is 11.7. The van der Waals surface area contributed by atoms with E-state index in [2.05, 4.69) is 21.2 Å². The molecule has 0 saturated carbocycles. The first-order chi connectivity index (χ1) is 12.6. The van der Waals surface area contributed by atoms with Crippen LogP contribution in [-0.2, 0) is 11.4 Å². The lowest BCUT2D eigenvalue weighted by Gasteiger charge is -2.15. The number of rotatable bonds is 6. The lowest BCUT2D eigenvalue weighted by molar-refractivity contribution is -0.115. The van der Waals surface area contributed by atoms with E-state index in [1.54, 1.807) is 12.1 Å². The monoisotopic (exact) mass is 433 g/mol. The van der Waals surface area contributed by atoms with Crippen molar-refractivity contribution in [2.45, 2.75) is 13.5 Å². The minimum atomic E-state index is -0.390. The molecule has 0 bridgehead atoms. The van der Waals surface area contributed by atoms with Crippen LogP contribution < -0.4 is 14.8 Å². The summed E-state index contributed by atoms with van der Waals surface area (Å²) in [5, 5.41) is 1.87. The summed E-state index contributed by atoms with van der Waals surface area (Å²) in [6.07, 6.45) is 1.65. The number of halogens is 1. The van der Waals surface area contributed by atoms with E-state index in [0.717, 1.165) is 22.9 Å². The van der Waals surface area contributed by atoms with Gasteiger partial charge in [-0.1, -0.05) is 30.3 Å². The normalized spacial score (nSPS) is 15.2. The third-order valence-electron chi connectivity index (χ3n) is 3.50. The van der Waals surface area contributed by atoms with Crippen molar-refractivity contribution >= 4 is 44.9 Å². The van der Waals surface area contributed by atoms with Gasteiger partial charge in [-0.05, 0) is 64.0 Å². The second-order valence-electron chi connectivity index (χ2n) is 5.39. The molecule has 2 aromatic rings. The lowest BCUT2D eigenvalue weighted by Crippen LogP contribution is -2.17. The molecule has 3 rings (SSSR count). The number of nitrogens with one attached hydrogen (secondary N) is 1. The second-order valence-corrected chi connectivity index (χ2v) is 7.26. The van der Waals surface area contributed by atoms with Crippen molar-refractivity contribution in [3.8, 4) is 11.5 Å². The molecule has 1 N–H and O–H groups in total. The van der Waals surface area contributed by atoms with Crippen LogP contribution in [0.25, 0.3) is 6.08 Å². The van der Waals surface area contributed by atoms with E-state index < -0.39 is 5.91 Å². The van der Waals surface area contributed by atoms with Crippen LogP contribution in [0.5, 0.6) is 11.5 Å². The van der Waals surface area contributed by atoms with Gasteiger partial charge in [-0.2, -0.15) is 0 Å². The summed E-state index contributed by atoms with van der Waals surface area (Å²) in [6, 6.07) is 13.5. The fraction of sp³-hybridized carbons (Fsp3) is 0.158. The van der Waals surface area contributed by atoms with Gasteiger partial charge in [0.2, 0.25) is 0 Å². The number of benzene rings is 2. The van der Waals surface area contributed by atoms with E-state index in [4.69, 9.17) is 9.47 Å². The highest BCUT2D eigenvalue weighted by Gasteiger charge is 2.25. The Morgan fingerprint density at radius 1 is 1.15 bits per heavy atom. The Bertz CT molecular complexity index is 867. The fourth-order valence-corrected chi connectivity index (χ4v) is 3.63.